The van der Waals surface area contributed by atoms with E-state index in [1.807, 2.05) is 7.05 Å². The molecule has 0 spiro atoms. The van der Waals surface area contributed by atoms with Gasteiger partial charge in [-0.2, -0.15) is 0 Å². The third-order valence-corrected chi connectivity index (χ3v) is 5.17. The standard InChI is InChI=1S/C13H14N2OS2/c1-15(8-9-4-3-7-17-9)13-14-10-5-2-6-11(16)12(10)18-13/h3-4,7H,2,5-6,8H2,1H3. The van der Waals surface area contributed by atoms with Crippen molar-refractivity contribution in [2.45, 2.75) is 25.8 Å². The van der Waals surface area contributed by atoms with Crippen molar-refractivity contribution >= 4 is 33.6 Å². The Morgan fingerprint density at radius 1 is 1.44 bits per heavy atom. The average Bonchev–Trinajstić information content (AvgIpc) is 2.97. The molecule has 18 heavy (non-hydrogen) atoms. The van der Waals surface area contributed by atoms with Crippen molar-refractivity contribution in [3.8, 4) is 0 Å². The number of carbonyl (C=O) groups excluding carboxylic acids is 1. The number of carbonyl (C=O) groups is 1. The predicted molar refractivity (Wildman–Crippen MR) is 75.8 cm³/mol. The van der Waals surface area contributed by atoms with Crippen molar-refractivity contribution in [2.24, 2.45) is 0 Å². The van der Waals surface area contributed by atoms with Crippen LogP contribution in [0.5, 0.6) is 0 Å². The van der Waals surface area contributed by atoms with Crippen molar-refractivity contribution in [1.29, 1.82) is 0 Å². The Morgan fingerprint density at radius 3 is 3.06 bits per heavy atom. The highest BCUT2D eigenvalue weighted by molar-refractivity contribution is 7.17. The Kier molecular flexibility index (Phi) is 3.18. The molecule has 5 heteroatoms. The van der Waals surface area contributed by atoms with Gasteiger partial charge in [0.2, 0.25) is 0 Å². The summed E-state index contributed by atoms with van der Waals surface area (Å²) in [5.41, 5.74) is 1.00. The fourth-order valence-corrected chi connectivity index (χ4v) is 3.92. The number of anilines is 1. The van der Waals surface area contributed by atoms with E-state index in [-0.39, 0.29) is 5.78 Å². The highest BCUT2D eigenvalue weighted by Crippen LogP contribution is 2.32. The molecule has 2 aromatic heterocycles. The van der Waals surface area contributed by atoms with E-state index in [1.54, 1.807) is 22.7 Å². The highest BCUT2D eigenvalue weighted by atomic mass is 32.1. The normalized spacial score (nSPS) is 14.6. The number of rotatable bonds is 3. The monoisotopic (exact) mass is 278 g/mol. The molecule has 0 unspecified atom stereocenters. The lowest BCUT2D eigenvalue weighted by molar-refractivity contribution is 0.0976. The summed E-state index contributed by atoms with van der Waals surface area (Å²) < 4.78 is 0. The van der Waals surface area contributed by atoms with E-state index in [2.05, 4.69) is 27.4 Å². The number of nitrogens with zero attached hydrogens (tertiary/aromatic N) is 2. The summed E-state index contributed by atoms with van der Waals surface area (Å²) in [6, 6.07) is 4.18. The van der Waals surface area contributed by atoms with Crippen LogP contribution in [0.4, 0.5) is 5.13 Å². The molecular weight excluding hydrogens is 264 g/mol. The molecule has 0 aliphatic heterocycles. The molecule has 0 radical (unpaired) electrons. The first-order chi connectivity index (χ1) is 8.74. The summed E-state index contributed by atoms with van der Waals surface area (Å²) >= 11 is 3.29. The SMILES string of the molecule is CN(Cc1cccs1)c1nc2c(s1)C(=O)CCC2. The summed E-state index contributed by atoms with van der Waals surface area (Å²) in [5, 5.41) is 3.04. The van der Waals surface area contributed by atoms with Crippen molar-refractivity contribution in [3.63, 3.8) is 0 Å². The van der Waals surface area contributed by atoms with Crippen molar-refractivity contribution in [1.82, 2.24) is 4.98 Å². The maximum atomic E-state index is 11.8. The number of thiazole rings is 1. The molecule has 3 rings (SSSR count). The molecule has 0 bridgehead atoms. The lowest BCUT2D eigenvalue weighted by Crippen LogP contribution is -2.15. The fourth-order valence-electron chi connectivity index (χ4n) is 2.12. The molecule has 3 nitrogen and oxygen atoms in total. The van der Waals surface area contributed by atoms with Crippen LogP contribution in [0, 0.1) is 0 Å². The first-order valence-corrected chi connectivity index (χ1v) is 7.70. The maximum absolute atomic E-state index is 11.8. The molecule has 0 N–H and O–H groups in total. The molecule has 0 saturated heterocycles. The number of aromatic nitrogens is 1. The van der Waals surface area contributed by atoms with Crippen LogP contribution in [-0.2, 0) is 13.0 Å². The van der Waals surface area contributed by atoms with Gasteiger partial charge in [0.1, 0.15) is 0 Å². The topological polar surface area (TPSA) is 33.2 Å². The van der Waals surface area contributed by atoms with Crippen LogP contribution in [0.15, 0.2) is 17.5 Å². The summed E-state index contributed by atoms with van der Waals surface area (Å²) in [6.45, 7) is 0.859. The summed E-state index contributed by atoms with van der Waals surface area (Å²) in [4.78, 5) is 20.7. The third kappa shape index (κ3) is 2.20. The van der Waals surface area contributed by atoms with E-state index in [0.717, 1.165) is 35.1 Å². The van der Waals surface area contributed by atoms with Crippen molar-refractivity contribution < 1.29 is 4.79 Å². The first-order valence-electron chi connectivity index (χ1n) is 6.00. The molecule has 2 heterocycles. The minimum absolute atomic E-state index is 0.268. The van der Waals surface area contributed by atoms with Gasteiger partial charge in [0.15, 0.2) is 10.9 Å². The Balaban J connectivity index is 1.82. The van der Waals surface area contributed by atoms with Crippen LogP contribution in [0.1, 0.15) is 33.1 Å². The van der Waals surface area contributed by atoms with Gasteiger partial charge >= 0.3 is 0 Å². The minimum atomic E-state index is 0.268. The molecule has 94 valence electrons. The Bertz CT molecular complexity index is 560. The number of ketones is 1. The van der Waals surface area contributed by atoms with Crippen molar-refractivity contribution in [3.05, 3.63) is 33.0 Å². The molecule has 0 aromatic carbocycles. The van der Waals surface area contributed by atoms with E-state index >= 15 is 0 Å². The van der Waals surface area contributed by atoms with Gasteiger partial charge in [0.05, 0.1) is 17.1 Å². The predicted octanol–water partition coefficient (Wildman–Crippen LogP) is 3.36. The Labute approximate surface area is 114 Å². The van der Waals surface area contributed by atoms with Crippen LogP contribution >= 0.6 is 22.7 Å². The van der Waals surface area contributed by atoms with Gasteiger partial charge in [-0.05, 0) is 24.3 Å². The summed E-state index contributed by atoms with van der Waals surface area (Å²) in [5.74, 6) is 0.268. The molecule has 2 aromatic rings. The molecule has 1 aliphatic carbocycles. The van der Waals surface area contributed by atoms with Gasteiger partial charge in [0.25, 0.3) is 0 Å². The van der Waals surface area contributed by atoms with E-state index in [4.69, 9.17) is 0 Å². The number of hydrogen-bond donors (Lipinski definition) is 0. The third-order valence-electron chi connectivity index (χ3n) is 3.06. The summed E-state index contributed by atoms with van der Waals surface area (Å²) in [6.07, 6.45) is 2.58. The number of thiophene rings is 1. The molecule has 0 saturated carbocycles. The zero-order valence-corrected chi connectivity index (χ0v) is 11.8. The van der Waals surface area contributed by atoms with Crippen LogP contribution in [-0.4, -0.2) is 17.8 Å². The molecule has 0 atom stereocenters. The summed E-state index contributed by atoms with van der Waals surface area (Å²) in [7, 11) is 2.04. The zero-order valence-electron chi connectivity index (χ0n) is 10.2. The number of hydrogen-bond acceptors (Lipinski definition) is 5. The highest BCUT2D eigenvalue weighted by Gasteiger charge is 2.23. The minimum Gasteiger partial charge on any atom is -0.346 e. The molecule has 1 aliphatic rings. The van der Waals surface area contributed by atoms with Gasteiger partial charge in [-0.25, -0.2) is 4.98 Å². The van der Waals surface area contributed by atoms with Gasteiger partial charge < -0.3 is 4.90 Å². The van der Waals surface area contributed by atoms with Crippen LogP contribution < -0.4 is 4.90 Å². The van der Waals surface area contributed by atoms with Gasteiger partial charge in [0, 0.05) is 18.3 Å². The van der Waals surface area contributed by atoms with Crippen LogP contribution in [0.3, 0.4) is 0 Å². The quantitative estimate of drug-likeness (QED) is 0.863. The van der Waals surface area contributed by atoms with Crippen LogP contribution in [0.25, 0.3) is 0 Å². The fraction of sp³-hybridized carbons (Fsp3) is 0.385. The zero-order chi connectivity index (χ0) is 12.5. The van der Waals surface area contributed by atoms with Gasteiger partial charge in [-0.1, -0.05) is 17.4 Å². The lowest BCUT2D eigenvalue weighted by atomic mass is 10.0. The Hall–Kier alpha value is -1.20. The van der Waals surface area contributed by atoms with E-state index in [1.165, 1.54) is 4.88 Å². The van der Waals surface area contributed by atoms with Crippen molar-refractivity contribution in [2.75, 3.05) is 11.9 Å². The largest absolute Gasteiger partial charge is 0.346 e. The number of Topliss-reactive ketones (excluding diaryl/α,β-unsaturated/α-hetero) is 1. The van der Waals surface area contributed by atoms with Gasteiger partial charge in [-0.3, -0.25) is 4.79 Å². The molecular formula is C13H14N2OS2. The second kappa shape index (κ2) is 4.82. The smallest absolute Gasteiger partial charge is 0.186 e. The first kappa shape index (κ1) is 11.9. The van der Waals surface area contributed by atoms with E-state index in [9.17, 15) is 4.79 Å². The molecule has 0 fully saturated rings. The number of fused-ring (bicyclic) bond motifs is 1. The lowest BCUT2D eigenvalue weighted by Gasteiger charge is -2.13. The van der Waals surface area contributed by atoms with E-state index < -0.39 is 0 Å². The van der Waals surface area contributed by atoms with Gasteiger partial charge in [-0.15, -0.1) is 11.3 Å². The Morgan fingerprint density at radius 2 is 2.33 bits per heavy atom. The number of aryl methyl sites for hydroxylation is 1. The van der Waals surface area contributed by atoms with Crippen LogP contribution in [0.2, 0.25) is 0 Å². The average molecular weight is 278 g/mol. The maximum Gasteiger partial charge on any atom is 0.186 e. The molecule has 0 amide bonds. The second-order valence-electron chi connectivity index (χ2n) is 4.48. The van der Waals surface area contributed by atoms with E-state index in [0.29, 0.717) is 6.42 Å². The second-order valence-corrected chi connectivity index (χ2v) is 6.49.